The van der Waals surface area contributed by atoms with Gasteiger partial charge in [0.05, 0.1) is 35.0 Å². The number of urea groups is 1. The van der Waals surface area contributed by atoms with Gasteiger partial charge < -0.3 is 24.8 Å². The fourth-order valence-corrected chi connectivity index (χ4v) is 6.52. The van der Waals surface area contributed by atoms with E-state index in [1.165, 1.54) is 4.90 Å². The van der Waals surface area contributed by atoms with Gasteiger partial charge in [-0.3, -0.25) is 4.79 Å². The van der Waals surface area contributed by atoms with Crippen molar-refractivity contribution in [2.24, 2.45) is 0 Å². The number of piperidine rings is 1. The Hall–Kier alpha value is -2.66. The van der Waals surface area contributed by atoms with Gasteiger partial charge in [-0.15, -0.1) is 0 Å². The van der Waals surface area contributed by atoms with Gasteiger partial charge in [0, 0.05) is 43.8 Å². The summed E-state index contributed by atoms with van der Waals surface area (Å²) in [7, 11) is -3.02. The van der Waals surface area contributed by atoms with Gasteiger partial charge in [0.15, 0.2) is 9.84 Å². The number of carbonyl (C=O) groups excluding carboxylic acids is 2. The molecule has 33 heavy (non-hydrogen) atoms. The number of nitrogens with zero attached hydrogens (tertiary/aromatic N) is 4. The number of aliphatic hydroxyl groups is 1. The maximum atomic E-state index is 13.2. The summed E-state index contributed by atoms with van der Waals surface area (Å²) in [5.74, 6) is 0.0157. The molecule has 1 aromatic heterocycles. The number of amides is 3. The van der Waals surface area contributed by atoms with Crippen LogP contribution in [-0.4, -0.2) is 94.1 Å². The molecule has 0 saturated carbocycles. The van der Waals surface area contributed by atoms with Crippen LogP contribution in [0.1, 0.15) is 36.0 Å². The van der Waals surface area contributed by atoms with E-state index in [2.05, 4.69) is 10.3 Å². The van der Waals surface area contributed by atoms with Gasteiger partial charge in [-0.05, 0) is 43.9 Å². The lowest BCUT2D eigenvalue weighted by atomic mass is 9.98. The first kappa shape index (κ1) is 22.1. The average Bonchev–Trinajstić information content (AvgIpc) is 3.31. The third kappa shape index (κ3) is 4.43. The van der Waals surface area contributed by atoms with Gasteiger partial charge in [0.25, 0.3) is 5.91 Å². The first-order valence-corrected chi connectivity index (χ1v) is 13.3. The Labute approximate surface area is 192 Å². The molecule has 3 amide bonds. The van der Waals surface area contributed by atoms with Gasteiger partial charge in [0.1, 0.15) is 0 Å². The number of aliphatic hydroxyl groups excluding tert-OH is 1. The third-order valence-electron chi connectivity index (χ3n) is 7.07. The smallest absolute Gasteiger partial charge is 0.317 e. The van der Waals surface area contributed by atoms with E-state index in [0.29, 0.717) is 31.5 Å². The van der Waals surface area contributed by atoms with Crippen molar-refractivity contribution in [3.63, 3.8) is 0 Å². The zero-order chi connectivity index (χ0) is 23.2. The van der Waals surface area contributed by atoms with Gasteiger partial charge in [-0.25, -0.2) is 18.2 Å². The molecule has 2 atom stereocenters. The minimum Gasteiger partial charge on any atom is -0.393 e. The van der Waals surface area contributed by atoms with Crippen molar-refractivity contribution in [3.8, 4) is 0 Å². The molecule has 3 fully saturated rings. The normalized spacial score (nSPS) is 26.5. The van der Waals surface area contributed by atoms with Crippen LogP contribution in [0, 0.1) is 0 Å². The van der Waals surface area contributed by atoms with Crippen LogP contribution in [0.15, 0.2) is 24.5 Å². The minimum absolute atomic E-state index is 0.00154. The van der Waals surface area contributed by atoms with Gasteiger partial charge in [0.2, 0.25) is 0 Å². The zero-order valence-electron chi connectivity index (χ0n) is 18.4. The topological polar surface area (TPSA) is 125 Å². The van der Waals surface area contributed by atoms with Crippen molar-refractivity contribution < 1.29 is 23.1 Å². The summed E-state index contributed by atoms with van der Waals surface area (Å²) in [6.07, 6.45) is 4.58. The average molecular weight is 476 g/mol. The van der Waals surface area contributed by atoms with Crippen molar-refractivity contribution in [1.29, 1.82) is 0 Å². The number of sulfone groups is 1. The second kappa shape index (κ2) is 8.60. The van der Waals surface area contributed by atoms with Crippen LogP contribution in [-0.2, 0) is 16.4 Å². The van der Waals surface area contributed by atoms with Crippen molar-refractivity contribution in [3.05, 3.63) is 30.1 Å². The molecule has 178 valence electrons. The largest absolute Gasteiger partial charge is 0.393 e. The van der Waals surface area contributed by atoms with Crippen molar-refractivity contribution in [2.45, 2.75) is 50.4 Å². The number of benzene rings is 1. The molecular formula is C22H29N5O5S. The molecule has 2 N–H and O–H groups in total. The summed E-state index contributed by atoms with van der Waals surface area (Å²) >= 11 is 0. The molecule has 1 aromatic carbocycles. The van der Waals surface area contributed by atoms with Crippen LogP contribution < -0.4 is 5.32 Å². The molecule has 11 heteroatoms. The number of hydrogen-bond acceptors (Lipinski definition) is 6. The maximum absolute atomic E-state index is 13.2. The van der Waals surface area contributed by atoms with E-state index < -0.39 is 9.84 Å². The zero-order valence-corrected chi connectivity index (χ0v) is 19.2. The number of nitrogens with one attached hydrogen (secondary N) is 1. The number of fused-ring (bicyclic) bond motifs is 3. The molecule has 0 spiro atoms. The van der Waals surface area contributed by atoms with Crippen LogP contribution in [0.4, 0.5) is 4.79 Å². The number of rotatable bonds is 4. The first-order valence-electron chi connectivity index (χ1n) is 11.5. The monoisotopic (exact) mass is 475 g/mol. The Kier molecular flexibility index (Phi) is 5.77. The number of carbonyl (C=O) groups is 2. The highest BCUT2D eigenvalue weighted by Crippen LogP contribution is 2.37. The van der Waals surface area contributed by atoms with Crippen LogP contribution in [0.3, 0.4) is 0 Å². The minimum atomic E-state index is -3.02. The highest BCUT2D eigenvalue weighted by Gasteiger charge is 2.43. The van der Waals surface area contributed by atoms with E-state index in [1.54, 1.807) is 6.33 Å². The summed E-state index contributed by atoms with van der Waals surface area (Å²) in [4.78, 5) is 33.4. The fraction of sp³-hybridized carbons (Fsp3) is 0.591. The molecule has 2 aromatic rings. The lowest BCUT2D eigenvalue weighted by Crippen LogP contribution is -2.48. The van der Waals surface area contributed by atoms with Crippen molar-refractivity contribution in [2.75, 3.05) is 31.1 Å². The van der Waals surface area contributed by atoms with E-state index in [1.807, 2.05) is 27.7 Å². The summed E-state index contributed by atoms with van der Waals surface area (Å²) in [5.41, 5.74) is 2.20. The molecule has 2 bridgehead atoms. The van der Waals surface area contributed by atoms with E-state index >= 15 is 0 Å². The summed E-state index contributed by atoms with van der Waals surface area (Å²) in [6.45, 7) is 1.33. The predicted octanol–water partition coefficient (Wildman–Crippen LogP) is 0.604. The molecular weight excluding hydrogens is 446 g/mol. The van der Waals surface area contributed by atoms with Gasteiger partial charge in [-0.2, -0.15) is 0 Å². The Bertz CT molecular complexity index is 1150. The SMILES string of the molecule is O=C(NCCn1cnc2cc(C(=O)N3C4CCC3CC(O)C4)ccc21)N1CCS(=O)(=O)CC1. The first-order chi connectivity index (χ1) is 15.8. The van der Waals surface area contributed by atoms with Crippen LogP contribution >= 0.6 is 0 Å². The van der Waals surface area contributed by atoms with E-state index in [0.717, 1.165) is 23.9 Å². The molecule has 0 radical (unpaired) electrons. The van der Waals surface area contributed by atoms with Crippen LogP contribution in [0.2, 0.25) is 0 Å². The maximum Gasteiger partial charge on any atom is 0.317 e. The predicted molar refractivity (Wildman–Crippen MR) is 122 cm³/mol. The molecule has 3 aliphatic rings. The second-order valence-electron chi connectivity index (χ2n) is 9.23. The summed E-state index contributed by atoms with van der Waals surface area (Å²) in [5, 5.41) is 12.8. The number of hydrogen-bond donors (Lipinski definition) is 2. The summed E-state index contributed by atoms with van der Waals surface area (Å²) < 4.78 is 25.0. The van der Waals surface area contributed by atoms with E-state index in [9.17, 15) is 23.1 Å². The molecule has 2 unspecified atom stereocenters. The standard InChI is InChI=1S/C22H29N5O5S/c28-18-12-16-2-3-17(13-18)27(16)21(29)15-1-4-20-19(11-15)24-14-26(20)6-5-23-22(30)25-7-9-33(31,32)10-8-25/h1,4,11,14,16-18,28H,2-3,5-10,12-13H2,(H,23,30). The van der Waals surface area contributed by atoms with Crippen LogP contribution in [0.25, 0.3) is 11.0 Å². The number of imidazole rings is 1. The van der Waals surface area contributed by atoms with E-state index in [-0.39, 0.29) is 54.7 Å². The fourth-order valence-electron chi connectivity index (χ4n) is 5.31. The second-order valence-corrected chi connectivity index (χ2v) is 11.5. The quantitative estimate of drug-likeness (QED) is 0.667. The molecule has 3 saturated heterocycles. The lowest BCUT2D eigenvalue weighted by Gasteiger charge is -2.37. The van der Waals surface area contributed by atoms with Gasteiger partial charge in [-0.1, -0.05) is 0 Å². The Morgan fingerprint density at radius 2 is 1.82 bits per heavy atom. The Morgan fingerprint density at radius 3 is 2.52 bits per heavy atom. The molecule has 3 aliphatic heterocycles. The molecule has 4 heterocycles. The van der Waals surface area contributed by atoms with Gasteiger partial charge >= 0.3 is 6.03 Å². The highest BCUT2D eigenvalue weighted by molar-refractivity contribution is 7.91. The Balaban J connectivity index is 1.20. The van der Waals surface area contributed by atoms with Crippen LogP contribution in [0.5, 0.6) is 0 Å². The van der Waals surface area contributed by atoms with E-state index in [4.69, 9.17) is 0 Å². The van der Waals surface area contributed by atoms with Crippen molar-refractivity contribution >= 4 is 32.8 Å². The lowest BCUT2D eigenvalue weighted by molar-refractivity contribution is 0.0287. The summed E-state index contributed by atoms with van der Waals surface area (Å²) in [6, 6.07) is 5.48. The molecule has 10 nitrogen and oxygen atoms in total. The molecule has 5 rings (SSSR count). The third-order valence-corrected chi connectivity index (χ3v) is 8.68. The Morgan fingerprint density at radius 1 is 1.12 bits per heavy atom. The van der Waals surface area contributed by atoms with Crippen molar-refractivity contribution in [1.82, 2.24) is 24.7 Å². The number of aromatic nitrogens is 2. The molecule has 0 aliphatic carbocycles. The highest BCUT2D eigenvalue weighted by atomic mass is 32.2.